The molecule has 0 aliphatic heterocycles. The average molecular weight is 292 g/mol. The van der Waals surface area contributed by atoms with E-state index in [0.29, 0.717) is 11.8 Å². The molecule has 0 aromatic carbocycles. The van der Waals surface area contributed by atoms with Crippen molar-refractivity contribution in [1.29, 1.82) is 5.26 Å². The Morgan fingerprint density at radius 2 is 2.27 bits per heavy atom. The van der Waals surface area contributed by atoms with E-state index in [1.807, 2.05) is 18.5 Å². The van der Waals surface area contributed by atoms with Crippen LogP contribution in [0.5, 0.6) is 0 Å². The highest BCUT2D eigenvalue weighted by atomic mass is 14.8. The summed E-state index contributed by atoms with van der Waals surface area (Å²) in [6.45, 7) is 13.6. The number of H-pyrrole nitrogens is 1. The largest absolute Gasteiger partial charge is 0.346 e. The zero-order chi connectivity index (χ0) is 16.2. The Balaban J connectivity index is 2.24. The van der Waals surface area contributed by atoms with Crippen LogP contribution in [0.2, 0.25) is 0 Å². The fourth-order valence-corrected chi connectivity index (χ4v) is 2.25. The van der Waals surface area contributed by atoms with Crippen LogP contribution in [0.25, 0.3) is 15.9 Å². The lowest BCUT2D eigenvalue weighted by Crippen LogP contribution is -2.06. The van der Waals surface area contributed by atoms with Gasteiger partial charge in [0.2, 0.25) is 0 Å². The quantitative estimate of drug-likeness (QED) is 0.670. The van der Waals surface area contributed by atoms with Gasteiger partial charge in [0.25, 0.3) is 5.70 Å². The molecule has 4 heteroatoms. The van der Waals surface area contributed by atoms with E-state index in [1.165, 1.54) is 5.56 Å². The van der Waals surface area contributed by atoms with Crippen LogP contribution in [-0.4, -0.2) is 9.97 Å². The summed E-state index contributed by atoms with van der Waals surface area (Å²) in [7, 11) is 0. The molecule has 0 spiro atoms. The van der Waals surface area contributed by atoms with Crippen LogP contribution in [-0.2, 0) is 12.8 Å². The molecule has 0 radical (unpaired) electrons. The fraction of sp³-hybridized carbons (Fsp3) is 0.389. The van der Waals surface area contributed by atoms with Gasteiger partial charge < -0.3 is 4.98 Å². The number of aromatic nitrogens is 2. The lowest BCUT2D eigenvalue weighted by atomic mass is 9.89. The first kappa shape index (κ1) is 15.8. The molecular formula is C18H20N4. The van der Waals surface area contributed by atoms with Gasteiger partial charge >= 0.3 is 0 Å². The highest BCUT2D eigenvalue weighted by molar-refractivity contribution is 5.80. The minimum atomic E-state index is 0.131. The van der Waals surface area contributed by atoms with E-state index in [2.05, 4.69) is 41.7 Å². The first-order chi connectivity index (χ1) is 10.4. The maximum Gasteiger partial charge on any atom is 0.258 e. The van der Waals surface area contributed by atoms with Gasteiger partial charge in [-0.3, -0.25) is 0 Å². The van der Waals surface area contributed by atoms with Gasteiger partial charge in [-0.1, -0.05) is 26.8 Å². The highest BCUT2D eigenvalue weighted by Crippen LogP contribution is 2.24. The van der Waals surface area contributed by atoms with Crippen molar-refractivity contribution in [3.05, 3.63) is 52.8 Å². The normalized spacial score (nSPS) is 12.1. The van der Waals surface area contributed by atoms with Crippen molar-refractivity contribution >= 4 is 11.0 Å². The summed E-state index contributed by atoms with van der Waals surface area (Å²) in [5, 5.41) is 9.88. The van der Waals surface area contributed by atoms with Gasteiger partial charge in [-0.25, -0.2) is 15.1 Å². The van der Waals surface area contributed by atoms with Crippen molar-refractivity contribution in [2.45, 2.75) is 40.0 Å². The maximum atomic E-state index is 8.81. The molecule has 1 N–H and O–H groups in total. The van der Waals surface area contributed by atoms with E-state index < -0.39 is 0 Å². The molecule has 0 aliphatic rings. The smallest absolute Gasteiger partial charge is 0.258 e. The Kier molecular flexibility index (Phi) is 4.63. The number of nitrogens with zero attached hydrogens (tertiary/aromatic N) is 3. The molecular weight excluding hydrogens is 272 g/mol. The highest BCUT2D eigenvalue weighted by Gasteiger charge is 2.11. The number of pyridine rings is 1. The van der Waals surface area contributed by atoms with Gasteiger partial charge in [0.15, 0.2) is 0 Å². The summed E-state index contributed by atoms with van der Waals surface area (Å²) in [6.07, 6.45) is 8.16. The van der Waals surface area contributed by atoms with E-state index in [1.54, 1.807) is 6.08 Å². The van der Waals surface area contributed by atoms with Crippen molar-refractivity contribution < 1.29 is 0 Å². The molecule has 22 heavy (non-hydrogen) atoms. The molecule has 0 fully saturated rings. The monoisotopic (exact) mass is 292 g/mol. The number of hydrogen-bond acceptors (Lipinski definition) is 2. The number of hydrogen-bond donors (Lipinski definition) is 1. The lowest BCUT2D eigenvalue weighted by Gasteiger charge is -2.17. The van der Waals surface area contributed by atoms with E-state index in [-0.39, 0.29) is 5.70 Å². The predicted octanol–water partition coefficient (Wildman–Crippen LogP) is 4.41. The van der Waals surface area contributed by atoms with Crippen LogP contribution in [0, 0.1) is 23.3 Å². The predicted molar refractivity (Wildman–Crippen MR) is 87.9 cm³/mol. The maximum absolute atomic E-state index is 8.81. The van der Waals surface area contributed by atoms with Gasteiger partial charge in [0, 0.05) is 17.8 Å². The molecule has 0 amide bonds. The third-order valence-corrected chi connectivity index (χ3v) is 3.59. The minimum Gasteiger partial charge on any atom is -0.346 e. The van der Waals surface area contributed by atoms with Gasteiger partial charge in [0.05, 0.1) is 12.6 Å². The lowest BCUT2D eigenvalue weighted by molar-refractivity contribution is 0.378. The number of aromatic amines is 1. The van der Waals surface area contributed by atoms with Gasteiger partial charge in [-0.05, 0) is 41.9 Å². The number of nitrogens with one attached hydrogen (secondary N) is 1. The van der Waals surface area contributed by atoms with Gasteiger partial charge in [-0.15, -0.1) is 0 Å². The van der Waals surface area contributed by atoms with Crippen LogP contribution in [0.15, 0.2) is 30.2 Å². The summed E-state index contributed by atoms with van der Waals surface area (Å²) < 4.78 is 0. The van der Waals surface area contributed by atoms with E-state index >= 15 is 0 Å². The molecule has 2 aromatic rings. The fourth-order valence-electron chi connectivity index (χ4n) is 2.25. The number of aryl methyl sites for hydroxylation is 1. The van der Waals surface area contributed by atoms with Crippen molar-refractivity contribution in [3.8, 4) is 6.07 Å². The zero-order valence-corrected chi connectivity index (χ0v) is 13.3. The second-order valence-electron chi connectivity index (χ2n) is 6.63. The second kappa shape index (κ2) is 6.45. The first-order valence-corrected chi connectivity index (χ1v) is 7.35. The summed E-state index contributed by atoms with van der Waals surface area (Å²) in [4.78, 5) is 10.8. The second-order valence-corrected chi connectivity index (χ2v) is 6.63. The summed E-state index contributed by atoms with van der Waals surface area (Å²) in [5.41, 5.74) is 3.57. The molecule has 2 aromatic heterocycles. The Labute approximate surface area is 131 Å². The molecule has 4 nitrogen and oxygen atoms in total. The Morgan fingerprint density at radius 3 is 2.91 bits per heavy atom. The minimum absolute atomic E-state index is 0.131. The third-order valence-electron chi connectivity index (χ3n) is 3.59. The molecule has 112 valence electrons. The summed E-state index contributed by atoms with van der Waals surface area (Å²) >= 11 is 0. The van der Waals surface area contributed by atoms with Crippen LogP contribution in [0.1, 0.15) is 38.3 Å². The number of rotatable bonds is 4. The molecule has 0 bridgehead atoms. The molecule has 0 unspecified atom stereocenters. The Morgan fingerprint density at radius 1 is 1.50 bits per heavy atom. The van der Waals surface area contributed by atoms with Crippen molar-refractivity contribution in [1.82, 2.24) is 9.97 Å². The molecule has 2 rings (SSSR count). The summed E-state index contributed by atoms with van der Waals surface area (Å²) in [6, 6.07) is 4.06. The number of allylic oxidation sites excluding steroid dienone is 2. The molecule has 0 saturated heterocycles. The van der Waals surface area contributed by atoms with E-state index in [0.717, 1.165) is 29.4 Å². The van der Waals surface area contributed by atoms with Crippen LogP contribution < -0.4 is 0 Å². The van der Waals surface area contributed by atoms with Gasteiger partial charge in [0.1, 0.15) is 5.65 Å². The number of fused-ring (bicyclic) bond motifs is 1. The molecule has 0 aliphatic carbocycles. The third kappa shape index (κ3) is 3.96. The van der Waals surface area contributed by atoms with Crippen LogP contribution >= 0.6 is 0 Å². The zero-order valence-electron chi connectivity index (χ0n) is 13.3. The number of nitriles is 1. The standard InChI is InChI=1S/C18H20N4/c1-18(2,3)8-7-13-9-16-14(5-6-15(10-19)20-4)12-22-17(16)21-11-13/h6,9,11-12H,5,7-8H2,1-3H3,(H,21,22)/b15-6-. The van der Waals surface area contributed by atoms with E-state index in [9.17, 15) is 0 Å². The van der Waals surface area contributed by atoms with Crippen molar-refractivity contribution in [2.24, 2.45) is 5.41 Å². The topological polar surface area (TPSA) is 56.8 Å². The van der Waals surface area contributed by atoms with Crippen LogP contribution in [0.3, 0.4) is 0 Å². The van der Waals surface area contributed by atoms with Crippen molar-refractivity contribution in [3.63, 3.8) is 0 Å². The molecule has 0 saturated carbocycles. The van der Waals surface area contributed by atoms with Crippen molar-refractivity contribution in [2.75, 3.05) is 0 Å². The Hall–Kier alpha value is -2.59. The van der Waals surface area contributed by atoms with Gasteiger partial charge in [-0.2, -0.15) is 0 Å². The molecule has 2 heterocycles. The Bertz CT molecular complexity index is 760. The SMILES string of the molecule is [C-]#[N+]/C(C#N)=C\Cc1c[nH]c2ncc(CCC(C)(C)C)cc12. The van der Waals surface area contributed by atoms with E-state index in [4.69, 9.17) is 11.8 Å². The summed E-state index contributed by atoms with van der Waals surface area (Å²) in [5.74, 6) is 0. The molecule has 0 atom stereocenters. The average Bonchev–Trinajstić information content (AvgIpc) is 2.88. The first-order valence-electron chi connectivity index (χ1n) is 7.35. The van der Waals surface area contributed by atoms with Crippen LogP contribution in [0.4, 0.5) is 0 Å².